The molecule has 0 saturated heterocycles. The highest BCUT2D eigenvalue weighted by molar-refractivity contribution is 5.44. The summed E-state index contributed by atoms with van der Waals surface area (Å²) in [5.41, 5.74) is 2.30. The molecule has 0 saturated carbocycles. The zero-order valence-corrected chi connectivity index (χ0v) is 7.54. The molecule has 1 aromatic rings. The molecule has 0 radical (unpaired) electrons. The second-order valence-corrected chi connectivity index (χ2v) is 3.09. The van der Waals surface area contributed by atoms with E-state index in [1.54, 1.807) is 0 Å². The van der Waals surface area contributed by atoms with E-state index in [0.717, 1.165) is 5.69 Å². The zero-order valence-electron chi connectivity index (χ0n) is 7.54. The van der Waals surface area contributed by atoms with Crippen molar-refractivity contribution in [1.82, 2.24) is 0 Å². The lowest BCUT2D eigenvalue weighted by Gasteiger charge is -2.11. The summed E-state index contributed by atoms with van der Waals surface area (Å²) < 4.78 is 0. The molecule has 0 bridgehead atoms. The van der Waals surface area contributed by atoms with Crippen molar-refractivity contribution in [2.75, 3.05) is 11.9 Å². The van der Waals surface area contributed by atoms with Crippen molar-refractivity contribution in [3.8, 4) is 0 Å². The quantitative estimate of drug-likeness (QED) is 0.715. The Hall–Kier alpha value is -1.02. The van der Waals surface area contributed by atoms with Crippen LogP contribution in [0.15, 0.2) is 24.3 Å². The standard InChI is InChI=1S/C10H15NO/c1-8-3-5-10(6-4-8)11-9(2)7-12/h3-6,9,11-12H,7H2,1-2H3/t9-/m1/s1. The summed E-state index contributed by atoms with van der Waals surface area (Å²) >= 11 is 0. The fourth-order valence-electron chi connectivity index (χ4n) is 0.980. The van der Waals surface area contributed by atoms with Crippen LogP contribution in [0.2, 0.25) is 0 Å². The van der Waals surface area contributed by atoms with Gasteiger partial charge in [-0.1, -0.05) is 17.7 Å². The largest absolute Gasteiger partial charge is 0.394 e. The van der Waals surface area contributed by atoms with Gasteiger partial charge in [0.25, 0.3) is 0 Å². The number of benzene rings is 1. The third kappa shape index (κ3) is 2.55. The fourth-order valence-corrected chi connectivity index (χ4v) is 0.980. The van der Waals surface area contributed by atoms with Crippen molar-refractivity contribution < 1.29 is 5.11 Å². The van der Waals surface area contributed by atoms with Crippen LogP contribution in [0.4, 0.5) is 5.69 Å². The van der Waals surface area contributed by atoms with Crippen LogP contribution in [0.3, 0.4) is 0 Å². The number of anilines is 1. The van der Waals surface area contributed by atoms with Crippen molar-refractivity contribution in [3.63, 3.8) is 0 Å². The summed E-state index contributed by atoms with van der Waals surface area (Å²) in [5, 5.41) is 12.0. The molecule has 0 aliphatic rings. The average Bonchev–Trinajstić information content (AvgIpc) is 2.09. The maximum atomic E-state index is 8.79. The fraction of sp³-hybridized carbons (Fsp3) is 0.400. The van der Waals surface area contributed by atoms with Gasteiger partial charge in [0.1, 0.15) is 0 Å². The van der Waals surface area contributed by atoms with Crippen LogP contribution >= 0.6 is 0 Å². The van der Waals surface area contributed by atoms with Crippen LogP contribution < -0.4 is 5.32 Å². The Morgan fingerprint density at radius 1 is 1.33 bits per heavy atom. The van der Waals surface area contributed by atoms with Crippen molar-refractivity contribution >= 4 is 5.69 Å². The summed E-state index contributed by atoms with van der Waals surface area (Å²) in [6, 6.07) is 8.25. The summed E-state index contributed by atoms with van der Waals surface area (Å²) in [7, 11) is 0. The van der Waals surface area contributed by atoms with Gasteiger partial charge in [0, 0.05) is 11.7 Å². The van der Waals surface area contributed by atoms with Gasteiger partial charge in [0.05, 0.1) is 6.61 Å². The maximum Gasteiger partial charge on any atom is 0.0630 e. The van der Waals surface area contributed by atoms with E-state index in [2.05, 4.69) is 12.2 Å². The van der Waals surface area contributed by atoms with Gasteiger partial charge in [-0.05, 0) is 26.0 Å². The lowest BCUT2D eigenvalue weighted by molar-refractivity contribution is 0.281. The number of aliphatic hydroxyl groups excluding tert-OH is 1. The third-order valence-electron chi connectivity index (χ3n) is 1.74. The summed E-state index contributed by atoms with van der Waals surface area (Å²) in [6.45, 7) is 4.16. The molecule has 2 N–H and O–H groups in total. The smallest absolute Gasteiger partial charge is 0.0630 e. The van der Waals surface area contributed by atoms with Crippen molar-refractivity contribution in [1.29, 1.82) is 0 Å². The average molecular weight is 165 g/mol. The van der Waals surface area contributed by atoms with E-state index >= 15 is 0 Å². The molecule has 0 unspecified atom stereocenters. The molecular formula is C10H15NO. The normalized spacial score (nSPS) is 12.6. The van der Waals surface area contributed by atoms with Crippen LogP contribution in [0.1, 0.15) is 12.5 Å². The first kappa shape index (κ1) is 9.07. The van der Waals surface area contributed by atoms with Gasteiger partial charge < -0.3 is 10.4 Å². The first-order valence-electron chi connectivity index (χ1n) is 4.16. The molecule has 0 heterocycles. The molecule has 66 valence electrons. The Bertz CT molecular complexity index is 230. The SMILES string of the molecule is Cc1ccc(N[C@H](C)CO)cc1. The first-order valence-corrected chi connectivity index (χ1v) is 4.16. The molecular weight excluding hydrogens is 150 g/mol. The molecule has 2 heteroatoms. The van der Waals surface area contributed by atoms with E-state index < -0.39 is 0 Å². The third-order valence-corrected chi connectivity index (χ3v) is 1.74. The van der Waals surface area contributed by atoms with E-state index in [1.165, 1.54) is 5.56 Å². The number of aliphatic hydroxyl groups is 1. The molecule has 2 nitrogen and oxygen atoms in total. The minimum atomic E-state index is 0.118. The number of nitrogens with one attached hydrogen (secondary N) is 1. The minimum absolute atomic E-state index is 0.118. The Labute approximate surface area is 73.2 Å². The lowest BCUT2D eigenvalue weighted by Crippen LogP contribution is -2.18. The number of aryl methyl sites for hydroxylation is 1. The lowest BCUT2D eigenvalue weighted by atomic mass is 10.2. The molecule has 0 fully saturated rings. The molecule has 1 atom stereocenters. The summed E-state index contributed by atoms with van der Waals surface area (Å²) in [5.74, 6) is 0. The second-order valence-electron chi connectivity index (χ2n) is 3.09. The van der Waals surface area contributed by atoms with E-state index in [0.29, 0.717) is 0 Å². The Kier molecular flexibility index (Phi) is 3.11. The van der Waals surface area contributed by atoms with E-state index in [1.807, 2.05) is 31.2 Å². The highest BCUT2D eigenvalue weighted by Gasteiger charge is 1.97. The summed E-state index contributed by atoms with van der Waals surface area (Å²) in [6.07, 6.45) is 0. The van der Waals surface area contributed by atoms with Gasteiger partial charge in [0.15, 0.2) is 0 Å². The van der Waals surface area contributed by atoms with Gasteiger partial charge in [-0.25, -0.2) is 0 Å². The number of hydrogen-bond acceptors (Lipinski definition) is 2. The molecule has 0 spiro atoms. The van der Waals surface area contributed by atoms with Crippen LogP contribution in [-0.4, -0.2) is 17.8 Å². The monoisotopic (exact) mass is 165 g/mol. The number of rotatable bonds is 3. The van der Waals surface area contributed by atoms with Crippen LogP contribution in [0, 0.1) is 6.92 Å². The topological polar surface area (TPSA) is 32.3 Å². The van der Waals surface area contributed by atoms with Crippen molar-refractivity contribution in [2.45, 2.75) is 19.9 Å². The zero-order chi connectivity index (χ0) is 8.97. The van der Waals surface area contributed by atoms with Gasteiger partial charge in [-0.3, -0.25) is 0 Å². The highest BCUT2D eigenvalue weighted by atomic mass is 16.3. The molecule has 1 rings (SSSR count). The molecule has 0 aliphatic heterocycles. The van der Waals surface area contributed by atoms with Crippen LogP contribution in [-0.2, 0) is 0 Å². The van der Waals surface area contributed by atoms with Gasteiger partial charge in [-0.15, -0.1) is 0 Å². The van der Waals surface area contributed by atoms with E-state index in [-0.39, 0.29) is 12.6 Å². The van der Waals surface area contributed by atoms with E-state index in [4.69, 9.17) is 5.11 Å². The molecule has 0 aliphatic carbocycles. The molecule has 12 heavy (non-hydrogen) atoms. The summed E-state index contributed by atoms with van der Waals surface area (Å²) in [4.78, 5) is 0. The predicted octanol–water partition coefficient (Wildman–Crippen LogP) is 1.79. The van der Waals surface area contributed by atoms with Gasteiger partial charge in [-0.2, -0.15) is 0 Å². The molecule has 0 aromatic heterocycles. The van der Waals surface area contributed by atoms with Gasteiger partial charge in [0.2, 0.25) is 0 Å². The minimum Gasteiger partial charge on any atom is -0.394 e. The van der Waals surface area contributed by atoms with Gasteiger partial charge >= 0.3 is 0 Å². The molecule has 1 aromatic carbocycles. The van der Waals surface area contributed by atoms with Crippen LogP contribution in [0.25, 0.3) is 0 Å². The Balaban J connectivity index is 2.58. The Morgan fingerprint density at radius 3 is 2.42 bits per heavy atom. The number of hydrogen-bond donors (Lipinski definition) is 2. The maximum absolute atomic E-state index is 8.79. The molecule has 0 amide bonds. The second kappa shape index (κ2) is 4.12. The highest BCUT2D eigenvalue weighted by Crippen LogP contribution is 2.09. The van der Waals surface area contributed by atoms with E-state index in [9.17, 15) is 0 Å². The van der Waals surface area contributed by atoms with Crippen LogP contribution in [0.5, 0.6) is 0 Å². The predicted molar refractivity (Wildman–Crippen MR) is 51.3 cm³/mol. The van der Waals surface area contributed by atoms with Crippen molar-refractivity contribution in [3.05, 3.63) is 29.8 Å². The van der Waals surface area contributed by atoms with Crippen molar-refractivity contribution in [2.24, 2.45) is 0 Å². The first-order chi connectivity index (χ1) is 5.72. The Morgan fingerprint density at radius 2 is 1.92 bits per heavy atom.